The summed E-state index contributed by atoms with van der Waals surface area (Å²) in [7, 11) is 11.3. The van der Waals surface area contributed by atoms with Gasteiger partial charge in [-0.25, -0.2) is 0 Å². The van der Waals surface area contributed by atoms with Crippen molar-refractivity contribution in [1.82, 2.24) is 0 Å². The maximum absolute atomic E-state index is 11.1. The minimum atomic E-state index is -1.63. The minimum absolute atomic E-state index is 0.294. The Morgan fingerprint density at radius 3 is 2.07 bits per heavy atom. The largest absolute Gasteiger partial charge is 0.482 e. The Morgan fingerprint density at radius 1 is 0.929 bits per heavy atom. The number of thioether (sulfide) groups is 2. The van der Waals surface area contributed by atoms with Crippen LogP contribution in [0.3, 0.4) is 0 Å². The molecule has 2 aromatic carbocycles. The van der Waals surface area contributed by atoms with Crippen molar-refractivity contribution < 1.29 is 9.90 Å². The number of carboxylic acids is 1. The van der Waals surface area contributed by atoms with Gasteiger partial charge < -0.3 is 5.11 Å². The first-order chi connectivity index (χ1) is 13.5. The molecule has 0 bridgehead atoms. The maximum Gasteiger partial charge on any atom is 0.292 e. The van der Waals surface area contributed by atoms with Gasteiger partial charge in [0.15, 0.2) is 0 Å². The Balaban J connectivity index is 1.79. The van der Waals surface area contributed by atoms with E-state index in [-0.39, 0.29) is 0 Å². The first kappa shape index (κ1) is 23.0. The van der Waals surface area contributed by atoms with Gasteiger partial charge in [-0.05, 0) is 34.9 Å². The molecule has 2 nitrogen and oxygen atoms in total. The molecule has 0 aliphatic rings. The predicted octanol–water partition coefficient (Wildman–Crippen LogP) is 5.32. The fourth-order valence-corrected chi connectivity index (χ4v) is 5.22. The maximum atomic E-state index is 11.1. The summed E-state index contributed by atoms with van der Waals surface area (Å²) in [5, 5.41) is 7.92. The van der Waals surface area contributed by atoms with E-state index in [0.717, 1.165) is 36.5 Å². The average molecular weight is 408 g/mol. The molecule has 0 fully saturated rings. The number of aliphatic carboxylic acids is 1. The summed E-state index contributed by atoms with van der Waals surface area (Å²) in [6.45, 7) is 0. The molecule has 2 rings (SSSR count). The van der Waals surface area contributed by atoms with E-state index in [1.54, 1.807) is 0 Å². The molecule has 4 radical (unpaired) electrons. The fraction of sp³-hybridized carbons (Fsp3) is 0.409. The van der Waals surface area contributed by atoms with Gasteiger partial charge in [-0.3, -0.25) is 4.79 Å². The zero-order valence-electron chi connectivity index (χ0n) is 16.1. The molecule has 0 aliphatic carbocycles. The van der Waals surface area contributed by atoms with Gasteiger partial charge in [0.05, 0.1) is 15.7 Å². The molecule has 0 amide bonds. The Labute approximate surface area is 180 Å². The van der Waals surface area contributed by atoms with Crippen molar-refractivity contribution in [3.05, 3.63) is 71.8 Å². The van der Waals surface area contributed by atoms with Crippen LogP contribution in [0.5, 0.6) is 0 Å². The van der Waals surface area contributed by atoms with Crippen molar-refractivity contribution in [2.45, 2.75) is 47.7 Å². The summed E-state index contributed by atoms with van der Waals surface area (Å²) in [4.78, 5) is 11.1. The van der Waals surface area contributed by atoms with Crippen LogP contribution in [-0.2, 0) is 16.3 Å². The van der Waals surface area contributed by atoms with Crippen LogP contribution in [0.25, 0.3) is 0 Å². The van der Waals surface area contributed by atoms with E-state index >= 15 is 0 Å². The fourth-order valence-electron chi connectivity index (χ4n) is 2.81. The Morgan fingerprint density at radius 2 is 1.50 bits per heavy atom. The minimum Gasteiger partial charge on any atom is -0.482 e. The summed E-state index contributed by atoms with van der Waals surface area (Å²) in [6, 6.07) is 20.9. The van der Waals surface area contributed by atoms with Gasteiger partial charge in [0.25, 0.3) is 5.97 Å². The Bertz CT molecular complexity index is 696. The second kappa shape index (κ2) is 12.3. The van der Waals surface area contributed by atoms with Crippen LogP contribution in [0.15, 0.2) is 60.7 Å². The first-order valence-corrected chi connectivity index (χ1v) is 11.8. The predicted molar refractivity (Wildman–Crippen MR) is 124 cm³/mol. The number of carboxylic acid groups (broad SMARTS) is 1. The van der Waals surface area contributed by atoms with Crippen LogP contribution in [-0.4, -0.2) is 37.8 Å². The summed E-state index contributed by atoms with van der Waals surface area (Å²) in [5.41, 5.74) is 2.66. The monoisotopic (exact) mass is 408 g/mol. The number of hydrogen-bond acceptors (Lipinski definition) is 3. The standard InChI is InChI=1S/C22H26B2O2S2/c23-22(24,21(25)26)14-7-12-20(28-17-19-10-5-2-6-11-19)13-15-27-16-18-8-3-1-4-9-18/h1-6,8-11,20H,7,12-17H2,(H,25,26). The zero-order chi connectivity index (χ0) is 20.2. The number of hydrogen-bond donors (Lipinski definition) is 1. The van der Waals surface area contributed by atoms with E-state index in [0.29, 0.717) is 11.7 Å². The number of benzene rings is 2. The average Bonchev–Trinajstić information content (AvgIpc) is 2.70. The summed E-state index contributed by atoms with van der Waals surface area (Å²) in [5.74, 6) is 1.92. The van der Waals surface area contributed by atoms with Gasteiger partial charge in [-0.1, -0.05) is 73.5 Å². The third kappa shape index (κ3) is 8.83. The highest BCUT2D eigenvalue weighted by molar-refractivity contribution is 7.99. The highest BCUT2D eigenvalue weighted by Crippen LogP contribution is 2.30. The first-order valence-electron chi connectivity index (χ1n) is 9.56. The van der Waals surface area contributed by atoms with Crippen molar-refractivity contribution in [1.29, 1.82) is 0 Å². The van der Waals surface area contributed by atoms with Crippen LogP contribution < -0.4 is 0 Å². The lowest BCUT2D eigenvalue weighted by molar-refractivity contribution is -0.138. The van der Waals surface area contributed by atoms with Crippen molar-refractivity contribution in [3.63, 3.8) is 0 Å². The van der Waals surface area contributed by atoms with Gasteiger partial charge in [0.2, 0.25) is 0 Å². The van der Waals surface area contributed by atoms with Gasteiger partial charge >= 0.3 is 0 Å². The van der Waals surface area contributed by atoms with E-state index in [9.17, 15) is 4.79 Å². The third-order valence-electron chi connectivity index (χ3n) is 4.54. The van der Waals surface area contributed by atoms with Crippen LogP contribution in [0.4, 0.5) is 0 Å². The molecule has 2 aromatic rings. The second-order valence-corrected chi connectivity index (χ2v) is 9.38. The molecule has 0 aromatic heterocycles. The van der Waals surface area contributed by atoms with Crippen molar-refractivity contribution in [2.75, 3.05) is 5.75 Å². The quantitative estimate of drug-likeness (QED) is 0.360. The van der Waals surface area contributed by atoms with E-state index in [1.807, 2.05) is 35.7 Å². The van der Waals surface area contributed by atoms with E-state index in [2.05, 4.69) is 48.5 Å². The third-order valence-corrected chi connectivity index (χ3v) is 7.04. The van der Waals surface area contributed by atoms with Crippen molar-refractivity contribution >= 4 is 45.2 Å². The van der Waals surface area contributed by atoms with Crippen LogP contribution in [0.1, 0.15) is 36.8 Å². The Kier molecular flexibility index (Phi) is 10.1. The lowest BCUT2D eigenvalue weighted by atomic mass is 9.52. The van der Waals surface area contributed by atoms with Crippen LogP contribution in [0.2, 0.25) is 5.21 Å². The highest BCUT2D eigenvalue weighted by Gasteiger charge is 2.25. The second-order valence-electron chi connectivity index (χ2n) is 6.98. The van der Waals surface area contributed by atoms with Crippen molar-refractivity contribution in [2.24, 2.45) is 0 Å². The number of rotatable bonds is 13. The summed E-state index contributed by atoms with van der Waals surface area (Å²) < 4.78 is 0. The Hall–Kier alpha value is -1.26. The van der Waals surface area contributed by atoms with E-state index < -0.39 is 11.2 Å². The molecule has 0 saturated heterocycles. The topological polar surface area (TPSA) is 37.3 Å². The van der Waals surface area contributed by atoms with Gasteiger partial charge in [0.1, 0.15) is 0 Å². The van der Waals surface area contributed by atoms with E-state index in [1.165, 1.54) is 11.1 Å². The van der Waals surface area contributed by atoms with Gasteiger partial charge in [-0.15, -0.1) is 0 Å². The lowest BCUT2D eigenvalue weighted by Gasteiger charge is -2.22. The molecule has 1 atom stereocenters. The summed E-state index contributed by atoms with van der Waals surface area (Å²) in [6.07, 6.45) is 3.02. The SMILES string of the molecule is [B]C([B])(CCCC(CCSCc1ccccc1)SCc1ccccc1)C(=O)O. The molecule has 144 valence electrons. The molecular weight excluding hydrogens is 382 g/mol. The number of carbonyl (C=O) groups is 1. The van der Waals surface area contributed by atoms with Gasteiger partial charge in [0, 0.05) is 16.8 Å². The summed E-state index contributed by atoms with van der Waals surface area (Å²) >= 11 is 3.88. The molecule has 28 heavy (non-hydrogen) atoms. The molecule has 0 aliphatic heterocycles. The molecule has 1 N–H and O–H groups in total. The molecule has 0 heterocycles. The lowest BCUT2D eigenvalue weighted by Crippen LogP contribution is -2.24. The normalized spacial score (nSPS) is 12.6. The highest BCUT2D eigenvalue weighted by atomic mass is 32.2. The van der Waals surface area contributed by atoms with Crippen molar-refractivity contribution in [3.8, 4) is 0 Å². The molecule has 0 spiro atoms. The van der Waals surface area contributed by atoms with Gasteiger partial charge in [-0.2, -0.15) is 23.5 Å². The molecule has 0 saturated carbocycles. The van der Waals surface area contributed by atoms with Crippen LogP contribution >= 0.6 is 23.5 Å². The smallest absolute Gasteiger partial charge is 0.292 e. The van der Waals surface area contributed by atoms with E-state index in [4.69, 9.17) is 20.8 Å². The zero-order valence-corrected chi connectivity index (χ0v) is 17.8. The molecule has 6 heteroatoms. The van der Waals surface area contributed by atoms with Crippen LogP contribution in [0, 0.1) is 0 Å². The molecule has 1 unspecified atom stereocenters. The molecular formula is C22H26B2O2S2.